The summed E-state index contributed by atoms with van der Waals surface area (Å²) in [6.07, 6.45) is 0.372. The van der Waals surface area contributed by atoms with Crippen molar-refractivity contribution in [3.05, 3.63) is 12.2 Å². The molecule has 1 unspecified atom stereocenters. The van der Waals surface area contributed by atoms with Gasteiger partial charge in [0.05, 0.1) is 6.54 Å². The minimum Gasteiger partial charge on any atom is -0.460 e. The second kappa shape index (κ2) is 18.2. The van der Waals surface area contributed by atoms with E-state index in [2.05, 4.69) is 53.1 Å². The predicted octanol–water partition coefficient (Wildman–Crippen LogP) is 0.728. The molecule has 13 heteroatoms. The fraction of sp³-hybridized carbons (Fsp3) is 0.700. The second-order valence-corrected chi connectivity index (χ2v) is 8.06. The summed E-state index contributed by atoms with van der Waals surface area (Å²) < 4.78 is 15.4. The minimum atomic E-state index is -1.17. The first-order valence-corrected chi connectivity index (χ1v) is 12.0. The van der Waals surface area contributed by atoms with E-state index in [0.717, 1.165) is 12.2 Å². The molecule has 190 valence electrons. The Balaban J connectivity index is 4.91. The van der Waals surface area contributed by atoms with Crippen LogP contribution in [-0.2, 0) is 31.6 Å². The number of thiol groups is 1. The van der Waals surface area contributed by atoms with Gasteiger partial charge >= 0.3 is 24.2 Å². The Labute approximate surface area is 205 Å². The van der Waals surface area contributed by atoms with E-state index in [1.54, 1.807) is 6.92 Å². The van der Waals surface area contributed by atoms with Crippen LogP contribution in [-0.4, -0.2) is 80.7 Å². The van der Waals surface area contributed by atoms with Crippen LogP contribution >= 0.6 is 12.6 Å². The van der Waals surface area contributed by atoms with Gasteiger partial charge in [-0.25, -0.2) is 19.2 Å². The summed E-state index contributed by atoms with van der Waals surface area (Å²) in [4.78, 5) is 47.7. The number of esters is 1. The molecule has 4 N–H and O–H groups in total. The molecule has 11 nitrogen and oxygen atoms in total. The van der Waals surface area contributed by atoms with Gasteiger partial charge < -0.3 is 35.5 Å². The molecule has 0 saturated heterocycles. The number of hydrogen-bond donors (Lipinski definition) is 5. The van der Waals surface area contributed by atoms with Gasteiger partial charge in [0, 0.05) is 25.1 Å². The van der Waals surface area contributed by atoms with Crippen molar-refractivity contribution in [2.75, 3.05) is 51.0 Å². The van der Waals surface area contributed by atoms with Gasteiger partial charge in [0.15, 0.2) is 0 Å². The molecule has 0 aromatic carbocycles. The lowest BCUT2D eigenvalue weighted by molar-refractivity contribution is -0.138. The fourth-order valence-corrected chi connectivity index (χ4v) is 2.52. The molecule has 0 aliphatic carbocycles. The maximum absolute atomic E-state index is 12.4. The molecule has 0 rings (SSSR count). The van der Waals surface area contributed by atoms with E-state index >= 15 is 0 Å². The van der Waals surface area contributed by atoms with Crippen molar-refractivity contribution in [1.82, 2.24) is 21.3 Å². The molecule has 0 aromatic heterocycles. The molecule has 4 amide bonds. The highest BCUT2D eigenvalue weighted by Gasteiger charge is 2.34. The lowest BCUT2D eigenvalue weighted by Crippen LogP contribution is -2.58. The predicted molar refractivity (Wildman–Crippen MR) is 132 cm³/mol. The Morgan fingerprint density at radius 2 is 1.52 bits per heavy atom. The number of ether oxygens (including phenoxy) is 3. The highest BCUT2D eigenvalue weighted by molar-refractivity contribution is 7.80. The van der Waals surface area contributed by atoms with Crippen molar-refractivity contribution >= 4 is 49.4 Å². The maximum Gasteiger partial charge on any atom is 0.407 e. The van der Waals surface area contributed by atoms with Crippen LogP contribution in [0.4, 0.5) is 14.4 Å². The Morgan fingerprint density at radius 3 is 2.00 bits per heavy atom. The monoisotopic (exact) mass is 509 g/mol. The number of hydrogen-bond acceptors (Lipinski definition) is 8. The molecule has 0 radical (unpaired) electrons. The van der Waals surface area contributed by atoms with Crippen LogP contribution in [0.1, 0.15) is 33.1 Å². The van der Waals surface area contributed by atoms with E-state index in [4.69, 9.17) is 14.2 Å². The number of carbonyl (C=O) groups excluding carboxylic acids is 4. The van der Waals surface area contributed by atoms with Crippen LogP contribution in [0, 0.1) is 0 Å². The van der Waals surface area contributed by atoms with Gasteiger partial charge in [-0.1, -0.05) is 13.5 Å². The van der Waals surface area contributed by atoms with E-state index in [9.17, 15) is 19.2 Å². The van der Waals surface area contributed by atoms with Gasteiger partial charge in [-0.05, 0) is 38.1 Å². The van der Waals surface area contributed by atoms with Gasteiger partial charge in [-0.2, -0.15) is 12.6 Å². The lowest BCUT2D eigenvalue weighted by atomic mass is 9.98. The average Bonchev–Trinajstić information content (AvgIpc) is 2.78. The quantitative estimate of drug-likeness (QED) is 0.0515. The van der Waals surface area contributed by atoms with E-state index in [1.165, 1.54) is 6.92 Å². The number of alkyl carbamates (subject to hydrolysis) is 2. The van der Waals surface area contributed by atoms with Crippen LogP contribution in [0.15, 0.2) is 12.2 Å². The molecule has 0 spiro atoms. The number of carbonyl (C=O) groups is 4. The highest BCUT2D eigenvalue weighted by Crippen LogP contribution is 2.13. The van der Waals surface area contributed by atoms with Gasteiger partial charge in [0.25, 0.3) is 0 Å². The molecule has 0 bridgehead atoms. The highest BCUT2D eigenvalue weighted by atomic mass is 32.1. The Kier molecular flexibility index (Phi) is 16.9. The largest absolute Gasteiger partial charge is 0.460 e. The standard InChI is InChI=1S/C20H36N4O7S2/c1-4-20(13-30-18(27)22-7-5-11-32,14-31-19(28)23-8-6-12-33)24-17(26)21-9-10-29-16(25)15(2)3/h32-33H,2,4-14H2,1,3H3,(H,22,27)(H,23,28)(H2,21,24,26)/p+1. The summed E-state index contributed by atoms with van der Waals surface area (Å²) in [6.45, 7) is 7.09. The van der Waals surface area contributed by atoms with E-state index in [-0.39, 0.29) is 31.9 Å². The molecule has 0 fully saturated rings. The smallest absolute Gasteiger partial charge is 0.407 e. The van der Waals surface area contributed by atoms with Crippen molar-refractivity contribution in [2.45, 2.75) is 38.6 Å². The summed E-state index contributed by atoms with van der Waals surface area (Å²) in [5, 5.41) is 10.4. The molecule has 0 aliphatic rings. The van der Waals surface area contributed by atoms with E-state index < -0.39 is 29.7 Å². The van der Waals surface area contributed by atoms with Crippen molar-refractivity contribution in [3.63, 3.8) is 0 Å². The molecular weight excluding hydrogens is 472 g/mol. The summed E-state index contributed by atoms with van der Waals surface area (Å²) in [5.74, 6) is 0.774. The molecule has 0 saturated carbocycles. The zero-order valence-corrected chi connectivity index (χ0v) is 21.2. The topological polar surface area (TPSA) is 144 Å². The number of nitrogens with one attached hydrogen (secondary N) is 4. The number of rotatable bonds is 16. The van der Waals surface area contributed by atoms with Gasteiger partial charge in [-0.3, -0.25) is 0 Å². The van der Waals surface area contributed by atoms with Crippen LogP contribution in [0.5, 0.6) is 0 Å². The third kappa shape index (κ3) is 15.2. The molecule has 0 heterocycles. The normalized spacial score (nSPS) is 12.0. The summed E-state index contributed by atoms with van der Waals surface area (Å²) in [5.41, 5.74) is -0.924. The van der Waals surface area contributed by atoms with Gasteiger partial charge in [0.2, 0.25) is 0 Å². The van der Waals surface area contributed by atoms with Crippen molar-refractivity contribution < 1.29 is 33.4 Å². The molecule has 0 aromatic rings. The minimum absolute atomic E-state index is 0.0451. The Hall–Kier alpha value is -2.28. The fourth-order valence-electron chi connectivity index (χ4n) is 2.18. The maximum atomic E-state index is 12.4. The number of amides is 4. The summed E-state index contributed by atoms with van der Waals surface area (Å²) in [6, 6.07) is -0.606. The Morgan fingerprint density at radius 1 is 0.939 bits per heavy atom. The molecular formula is C20H37N4O7S2+. The zero-order valence-electron chi connectivity index (χ0n) is 19.3. The van der Waals surface area contributed by atoms with Crippen LogP contribution in [0.25, 0.3) is 0 Å². The van der Waals surface area contributed by atoms with Gasteiger partial charge in [0.1, 0.15) is 31.1 Å². The van der Waals surface area contributed by atoms with Crippen molar-refractivity contribution in [2.24, 2.45) is 0 Å². The average molecular weight is 510 g/mol. The first-order chi connectivity index (χ1) is 15.7. The van der Waals surface area contributed by atoms with Crippen molar-refractivity contribution in [3.8, 4) is 0 Å². The first kappa shape index (κ1) is 30.7. The molecule has 1 atom stereocenters. The Bertz CT molecular complexity index is 624. The number of urea groups is 1. The van der Waals surface area contributed by atoms with Crippen LogP contribution in [0.2, 0.25) is 0 Å². The van der Waals surface area contributed by atoms with Crippen molar-refractivity contribution in [1.29, 1.82) is 0 Å². The second-order valence-electron chi connectivity index (χ2n) is 7.12. The third-order valence-electron chi connectivity index (χ3n) is 4.21. The van der Waals surface area contributed by atoms with Crippen LogP contribution in [0.3, 0.4) is 0 Å². The molecule has 0 aliphatic heterocycles. The van der Waals surface area contributed by atoms with E-state index in [0.29, 0.717) is 31.7 Å². The van der Waals surface area contributed by atoms with Gasteiger partial charge in [-0.15, -0.1) is 0 Å². The molecule has 33 heavy (non-hydrogen) atoms. The summed E-state index contributed by atoms with van der Waals surface area (Å²) in [7, 11) is 0. The SMILES string of the molecule is C=C(C)C(=O)OCCNC(=O)NC(CC)(COC(=O)NCCCS)COC(=O)NCCC[SH2+]. The van der Waals surface area contributed by atoms with Crippen LogP contribution < -0.4 is 21.3 Å². The lowest BCUT2D eigenvalue weighted by Gasteiger charge is -2.32. The van der Waals surface area contributed by atoms with E-state index in [1.807, 2.05) is 0 Å². The zero-order chi connectivity index (χ0) is 25.1. The first-order valence-electron chi connectivity index (χ1n) is 10.6. The summed E-state index contributed by atoms with van der Waals surface area (Å²) >= 11 is 7.39. The third-order valence-corrected chi connectivity index (χ3v) is 4.88.